The van der Waals surface area contributed by atoms with E-state index in [1.807, 2.05) is 0 Å². The zero-order valence-corrected chi connectivity index (χ0v) is 11.5. The van der Waals surface area contributed by atoms with Crippen molar-refractivity contribution in [3.8, 4) is 0 Å². The summed E-state index contributed by atoms with van der Waals surface area (Å²) >= 11 is 5.71. The van der Waals surface area contributed by atoms with Crippen LogP contribution in [0.3, 0.4) is 0 Å². The van der Waals surface area contributed by atoms with Crippen molar-refractivity contribution in [2.24, 2.45) is 0 Å². The molecule has 0 radical (unpaired) electrons. The number of aryl methyl sites for hydroxylation is 2. The van der Waals surface area contributed by atoms with E-state index >= 15 is 0 Å². The Bertz CT molecular complexity index is 677. The number of nitro groups is 1. The number of hydrogen-bond acceptors (Lipinski definition) is 4. The molecular formula is C12H11ClN4O3. The number of halogens is 1. The summed E-state index contributed by atoms with van der Waals surface area (Å²) in [5.74, 6) is -0.384. The number of rotatable bonds is 3. The fourth-order valence-electron chi connectivity index (χ4n) is 1.81. The fourth-order valence-corrected chi connectivity index (χ4v) is 2.00. The largest absolute Gasteiger partial charge is 0.322 e. The summed E-state index contributed by atoms with van der Waals surface area (Å²) in [6.45, 7) is 3.42. The lowest BCUT2D eigenvalue weighted by Gasteiger charge is -2.05. The van der Waals surface area contributed by atoms with Crippen molar-refractivity contribution in [3.05, 3.63) is 50.3 Å². The van der Waals surface area contributed by atoms with Crippen LogP contribution >= 0.6 is 11.6 Å². The quantitative estimate of drug-likeness (QED) is 0.671. The number of benzene rings is 1. The maximum absolute atomic E-state index is 12.1. The molecule has 0 unspecified atom stereocenters. The third kappa shape index (κ3) is 2.62. The van der Waals surface area contributed by atoms with E-state index in [4.69, 9.17) is 11.6 Å². The number of carbonyl (C=O) groups is 1. The molecule has 0 fully saturated rings. The van der Waals surface area contributed by atoms with Gasteiger partial charge in [0.15, 0.2) is 0 Å². The molecule has 1 aromatic carbocycles. The van der Waals surface area contributed by atoms with Gasteiger partial charge in [0.1, 0.15) is 5.02 Å². The molecule has 0 saturated carbocycles. The molecule has 1 aromatic heterocycles. The second-order valence-corrected chi connectivity index (χ2v) is 4.59. The lowest BCUT2D eigenvalue weighted by Crippen LogP contribution is -2.13. The number of aromatic amines is 1. The molecule has 0 spiro atoms. The van der Waals surface area contributed by atoms with Crippen LogP contribution in [-0.2, 0) is 0 Å². The van der Waals surface area contributed by atoms with Crippen molar-refractivity contribution in [2.75, 3.05) is 5.32 Å². The molecule has 0 bridgehead atoms. The summed E-state index contributed by atoms with van der Waals surface area (Å²) in [5, 5.41) is 20.0. The van der Waals surface area contributed by atoms with E-state index in [9.17, 15) is 14.9 Å². The first-order chi connectivity index (χ1) is 9.40. The molecule has 0 saturated heterocycles. The van der Waals surface area contributed by atoms with Gasteiger partial charge in [0.2, 0.25) is 0 Å². The monoisotopic (exact) mass is 294 g/mol. The molecule has 0 atom stereocenters. The maximum atomic E-state index is 12.1. The summed E-state index contributed by atoms with van der Waals surface area (Å²) in [7, 11) is 0. The molecule has 0 aliphatic heterocycles. The lowest BCUT2D eigenvalue weighted by atomic mass is 10.2. The molecule has 2 aromatic rings. The molecule has 0 aliphatic carbocycles. The van der Waals surface area contributed by atoms with Gasteiger partial charge in [0.05, 0.1) is 16.2 Å². The molecule has 2 rings (SSSR count). The van der Waals surface area contributed by atoms with Gasteiger partial charge in [-0.15, -0.1) is 0 Å². The highest BCUT2D eigenvalue weighted by Crippen LogP contribution is 2.27. The number of amides is 1. The Morgan fingerprint density at radius 1 is 1.45 bits per heavy atom. The number of aromatic nitrogens is 2. The van der Waals surface area contributed by atoms with Crippen LogP contribution < -0.4 is 5.32 Å². The number of carbonyl (C=O) groups excluding carboxylic acids is 1. The molecule has 1 amide bonds. The third-order valence-corrected chi connectivity index (χ3v) is 3.08. The van der Waals surface area contributed by atoms with Gasteiger partial charge in [0, 0.05) is 17.4 Å². The van der Waals surface area contributed by atoms with Gasteiger partial charge >= 0.3 is 0 Å². The van der Waals surface area contributed by atoms with E-state index < -0.39 is 4.92 Å². The van der Waals surface area contributed by atoms with Crippen LogP contribution in [0.4, 0.5) is 11.4 Å². The maximum Gasteiger partial charge on any atom is 0.289 e. The van der Waals surface area contributed by atoms with Gasteiger partial charge in [-0.25, -0.2) is 0 Å². The Hall–Kier alpha value is -2.41. The number of nitrogens with zero attached hydrogens (tertiary/aromatic N) is 2. The van der Waals surface area contributed by atoms with Gasteiger partial charge in [-0.2, -0.15) is 5.10 Å². The van der Waals surface area contributed by atoms with Crippen LogP contribution in [0, 0.1) is 24.0 Å². The molecule has 8 heteroatoms. The van der Waals surface area contributed by atoms with Crippen molar-refractivity contribution >= 4 is 28.9 Å². The first-order valence-electron chi connectivity index (χ1n) is 5.67. The zero-order valence-electron chi connectivity index (χ0n) is 10.7. The Kier molecular flexibility index (Phi) is 3.71. The van der Waals surface area contributed by atoms with E-state index in [0.717, 1.165) is 0 Å². The summed E-state index contributed by atoms with van der Waals surface area (Å²) in [6, 6.07) is 4.08. The van der Waals surface area contributed by atoms with E-state index in [0.29, 0.717) is 22.6 Å². The highest BCUT2D eigenvalue weighted by molar-refractivity contribution is 6.32. The van der Waals surface area contributed by atoms with Crippen molar-refractivity contribution in [1.29, 1.82) is 0 Å². The standard InChI is InChI=1S/C12H11ClN4O3/c1-6-11(7(2)16-15-6)12(18)14-8-3-4-9(13)10(5-8)17(19)20/h3-5H,1-2H3,(H,14,18)(H,15,16). The number of nitro benzene ring substituents is 1. The van der Waals surface area contributed by atoms with Crippen LogP contribution in [0.1, 0.15) is 21.7 Å². The minimum absolute atomic E-state index is 0.0173. The minimum Gasteiger partial charge on any atom is -0.322 e. The molecule has 0 aliphatic rings. The average molecular weight is 295 g/mol. The van der Waals surface area contributed by atoms with E-state index in [1.165, 1.54) is 18.2 Å². The number of nitrogens with one attached hydrogen (secondary N) is 2. The third-order valence-electron chi connectivity index (χ3n) is 2.76. The Morgan fingerprint density at radius 3 is 2.70 bits per heavy atom. The molecule has 2 N–H and O–H groups in total. The molecular weight excluding hydrogens is 284 g/mol. The van der Waals surface area contributed by atoms with Crippen LogP contribution in [0.2, 0.25) is 5.02 Å². The summed E-state index contributed by atoms with van der Waals surface area (Å²) in [4.78, 5) is 22.3. The van der Waals surface area contributed by atoms with Gasteiger partial charge in [-0.1, -0.05) is 11.6 Å². The number of anilines is 1. The van der Waals surface area contributed by atoms with Crippen LogP contribution in [0.5, 0.6) is 0 Å². The van der Waals surface area contributed by atoms with Gasteiger partial charge in [-0.3, -0.25) is 20.0 Å². The van der Waals surface area contributed by atoms with Crippen LogP contribution in [-0.4, -0.2) is 21.0 Å². The minimum atomic E-state index is -0.605. The predicted octanol–water partition coefficient (Wildman–Crippen LogP) is 2.84. The van der Waals surface area contributed by atoms with Crippen molar-refractivity contribution in [3.63, 3.8) is 0 Å². The van der Waals surface area contributed by atoms with Gasteiger partial charge in [-0.05, 0) is 26.0 Å². The van der Waals surface area contributed by atoms with Crippen molar-refractivity contribution in [2.45, 2.75) is 13.8 Å². The molecule has 1 heterocycles. The molecule has 104 valence electrons. The van der Waals surface area contributed by atoms with E-state index in [-0.39, 0.29) is 16.6 Å². The van der Waals surface area contributed by atoms with E-state index in [2.05, 4.69) is 15.5 Å². The second-order valence-electron chi connectivity index (χ2n) is 4.19. The van der Waals surface area contributed by atoms with Crippen molar-refractivity contribution in [1.82, 2.24) is 10.2 Å². The van der Waals surface area contributed by atoms with Gasteiger partial charge < -0.3 is 5.32 Å². The summed E-state index contributed by atoms with van der Waals surface area (Å²) < 4.78 is 0. The normalized spacial score (nSPS) is 10.3. The number of hydrogen-bond donors (Lipinski definition) is 2. The SMILES string of the molecule is Cc1n[nH]c(C)c1C(=O)Nc1ccc(Cl)c([N+](=O)[O-])c1. The Balaban J connectivity index is 2.29. The smallest absolute Gasteiger partial charge is 0.289 e. The summed E-state index contributed by atoms with van der Waals surface area (Å²) in [5.41, 5.74) is 1.64. The number of H-pyrrole nitrogens is 1. The summed E-state index contributed by atoms with van der Waals surface area (Å²) in [6.07, 6.45) is 0. The zero-order chi connectivity index (χ0) is 14.9. The second kappa shape index (κ2) is 5.30. The first kappa shape index (κ1) is 14.0. The molecule has 7 nitrogen and oxygen atoms in total. The first-order valence-corrected chi connectivity index (χ1v) is 6.05. The topological polar surface area (TPSA) is 101 Å². The Morgan fingerprint density at radius 2 is 2.15 bits per heavy atom. The Labute approximate surface area is 119 Å². The van der Waals surface area contributed by atoms with Crippen molar-refractivity contribution < 1.29 is 9.72 Å². The average Bonchev–Trinajstić information content (AvgIpc) is 2.71. The van der Waals surface area contributed by atoms with E-state index in [1.54, 1.807) is 13.8 Å². The molecule has 20 heavy (non-hydrogen) atoms. The van der Waals surface area contributed by atoms with Crippen LogP contribution in [0.15, 0.2) is 18.2 Å². The van der Waals surface area contributed by atoms with Crippen LogP contribution in [0.25, 0.3) is 0 Å². The fraction of sp³-hybridized carbons (Fsp3) is 0.167. The highest BCUT2D eigenvalue weighted by Gasteiger charge is 2.18. The highest BCUT2D eigenvalue weighted by atomic mass is 35.5. The predicted molar refractivity (Wildman–Crippen MR) is 74.1 cm³/mol. The lowest BCUT2D eigenvalue weighted by molar-refractivity contribution is -0.384. The van der Waals surface area contributed by atoms with Gasteiger partial charge in [0.25, 0.3) is 11.6 Å².